The normalized spacial score (nSPS) is 14.9. The standard InChI is InChI=1S/C19H10I2N2O4S2/c1-2-7-27-17-14(20)8-11(9-15(17)21)10-16-18(24)22(19(28)29-16)12-3-5-13(6-4-12)23(25)26/h1,3-6,8-10H,7H2/b16-10+. The molecular weight excluding hydrogens is 638 g/mol. The van der Waals surface area contributed by atoms with E-state index in [9.17, 15) is 14.9 Å². The smallest absolute Gasteiger partial charge is 0.270 e. The molecule has 1 heterocycles. The number of thioether (sulfide) groups is 1. The van der Waals surface area contributed by atoms with Gasteiger partial charge in [0.2, 0.25) is 0 Å². The average Bonchev–Trinajstić information content (AvgIpc) is 2.94. The lowest BCUT2D eigenvalue weighted by molar-refractivity contribution is -0.384. The number of nitrogens with zero attached hydrogens (tertiary/aromatic N) is 2. The van der Waals surface area contributed by atoms with E-state index in [4.69, 9.17) is 23.4 Å². The summed E-state index contributed by atoms with van der Waals surface area (Å²) in [7, 11) is 0. The van der Waals surface area contributed by atoms with Crippen molar-refractivity contribution in [3.8, 4) is 18.1 Å². The molecule has 0 saturated carbocycles. The van der Waals surface area contributed by atoms with Gasteiger partial charge in [0.25, 0.3) is 11.6 Å². The van der Waals surface area contributed by atoms with Crippen molar-refractivity contribution in [3.05, 3.63) is 64.1 Å². The highest BCUT2D eigenvalue weighted by Gasteiger charge is 2.33. The van der Waals surface area contributed by atoms with Crippen molar-refractivity contribution in [3.63, 3.8) is 0 Å². The molecule has 1 fully saturated rings. The van der Waals surface area contributed by atoms with E-state index in [0.717, 1.165) is 12.7 Å². The number of halogens is 2. The van der Waals surface area contributed by atoms with Crippen LogP contribution in [0.4, 0.5) is 11.4 Å². The topological polar surface area (TPSA) is 72.7 Å². The van der Waals surface area contributed by atoms with Crippen LogP contribution in [0.3, 0.4) is 0 Å². The molecule has 0 atom stereocenters. The number of carbonyl (C=O) groups is 1. The second-order valence-electron chi connectivity index (χ2n) is 5.60. The molecule has 146 valence electrons. The van der Waals surface area contributed by atoms with E-state index in [1.54, 1.807) is 6.08 Å². The molecule has 2 aromatic carbocycles. The summed E-state index contributed by atoms with van der Waals surface area (Å²) in [6.07, 6.45) is 7.01. The van der Waals surface area contributed by atoms with E-state index in [-0.39, 0.29) is 18.2 Å². The van der Waals surface area contributed by atoms with Gasteiger partial charge in [0.15, 0.2) is 4.32 Å². The van der Waals surface area contributed by atoms with Crippen LogP contribution in [0.2, 0.25) is 0 Å². The summed E-state index contributed by atoms with van der Waals surface area (Å²) in [5.41, 5.74) is 1.27. The van der Waals surface area contributed by atoms with Gasteiger partial charge in [0.1, 0.15) is 12.4 Å². The predicted molar refractivity (Wildman–Crippen MR) is 135 cm³/mol. The second-order valence-corrected chi connectivity index (χ2v) is 9.60. The summed E-state index contributed by atoms with van der Waals surface area (Å²) >= 11 is 10.8. The lowest BCUT2D eigenvalue weighted by atomic mass is 10.2. The monoisotopic (exact) mass is 648 g/mol. The Bertz CT molecular complexity index is 1070. The van der Waals surface area contributed by atoms with Crippen LogP contribution in [0.5, 0.6) is 5.75 Å². The predicted octanol–water partition coefficient (Wildman–Crippen LogP) is 5.22. The van der Waals surface area contributed by atoms with Crippen LogP contribution in [-0.4, -0.2) is 21.8 Å². The summed E-state index contributed by atoms with van der Waals surface area (Å²) in [6.45, 7) is 0.180. The number of amides is 1. The fraction of sp³-hybridized carbons (Fsp3) is 0.0526. The molecule has 0 radical (unpaired) electrons. The van der Waals surface area contributed by atoms with Crippen LogP contribution in [0, 0.1) is 29.6 Å². The van der Waals surface area contributed by atoms with Gasteiger partial charge in [0, 0.05) is 12.1 Å². The van der Waals surface area contributed by atoms with Crippen molar-refractivity contribution in [1.29, 1.82) is 0 Å². The van der Waals surface area contributed by atoms with E-state index in [0.29, 0.717) is 20.7 Å². The van der Waals surface area contributed by atoms with Crippen molar-refractivity contribution in [1.82, 2.24) is 0 Å². The zero-order valence-corrected chi connectivity index (χ0v) is 20.4. The maximum Gasteiger partial charge on any atom is 0.270 e. The first-order valence-electron chi connectivity index (χ1n) is 7.89. The molecule has 0 bridgehead atoms. The van der Waals surface area contributed by atoms with E-state index in [1.165, 1.54) is 40.9 Å². The van der Waals surface area contributed by atoms with Crippen LogP contribution < -0.4 is 9.64 Å². The maximum absolute atomic E-state index is 12.9. The van der Waals surface area contributed by atoms with Crippen molar-refractivity contribution in [2.45, 2.75) is 0 Å². The number of terminal acetylenes is 1. The van der Waals surface area contributed by atoms with Gasteiger partial charge in [-0.15, -0.1) is 6.42 Å². The lowest BCUT2D eigenvalue weighted by Crippen LogP contribution is -2.27. The number of nitro groups is 1. The molecule has 0 aromatic heterocycles. The number of nitro benzene ring substituents is 1. The van der Waals surface area contributed by atoms with Crippen molar-refractivity contribution in [2.75, 3.05) is 11.5 Å². The molecule has 6 nitrogen and oxygen atoms in total. The highest BCUT2D eigenvalue weighted by molar-refractivity contribution is 14.1. The highest BCUT2D eigenvalue weighted by Crippen LogP contribution is 2.37. The fourth-order valence-corrected chi connectivity index (χ4v) is 5.91. The number of hydrogen-bond acceptors (Lipinski definition) is 6. The molecular formula is C19H10I2N2O4S2. The van der Waals surface area contributed by atoms with Gasteiger partial charge in [-0.25, -0.2) is 0 Å². The molecule has 1 saturated heterocycles. The van der Waals surface area contributed by atoms with Crippen molar-refractivity contribution in [2.24, 2.45) is 0 Å². The Labute approximate surface area is 203 Å². The van der Waals surface area contributed by atoms with Gasteiger partial charge in [-0.05, 0) is 81.1 Å². The summed E-state index contributed by atoms with van der Waals surface area (Å²) < 4.78 is 7.68. The number of thiocarbonyl (C=S) groups is 1. The van der Waals surface area contributed by atoms with E-state index in [2.05, 4.69) is 51.1 Å². The number of rotatable bonds is 5. The molecule has 0 spiro atoms. The SMILES string of the molecule is C#CCOc1c(I)cc(/C=C2/SC(=S)N(c3ccc([N+](=O)[O-])cc3)C2=O)cc1I. The summed E-state index contributed by atoms with van der Waals surface area (Å²) in [5, 5.41) is 10.8. The van der Waals surface area contributed by atoms with Gasteiger partial charge in [-0.3, -0.25) is 19.8 Å². The minimum absolute atomic E-state index is 0.0500. The number of non-ortho nitro benzene ring substituents is 1. The molecule has 1 amide bonds. The molecule has 1 aliphatic heterocycles. The minimum Gasteiger partial charge on any atom is -0.479 e. The summed E-state index contributed by atoms with van der Waals surface area (Å²) in [4.78, 5) is 25.1. The number of anilines is 1. The Morgan fingerprint density at radius 2 is 1.90 bits per heavy atom. The van der Waals surface area contributed by atoms with Crippen LogP contribution in [0.15, 0.2) is 41.3 Å². The Balaban J connectivity index is 1.88. The molecule has 10 heteroatoms. The lowest BCUT2D eigenvalue weighted by Gasteiger charge is -2.14. The summed E-state index contributed by atoms with van der Waals surface area (Å²) in [5.74, 6) is 2.88. The summed E-state index contributed by atoms with van der Waals surface area (Å²) in [6, 6.07) is 9.50. The minimum atomic E-state index is -0.492. The fourth-order valence-electron chi connectivity index (χ4n) is 2.48. The third kappa shape index (κ3) is 4.90. The van der Waals surface area contributed by atoms with Gasteiger partial charge in [0.05, 0.1) is 22.7 Å². The van der Waals surface area contributed by atoms with Gasteiger partial charge < -0.3 is 4.74 Å². The van der Waals surface area contributed by atoms with Crippen LogP contribution in [0.1, 0.15) is 5.56 Å². The van der Waals surface area contributed by atoms with Crippen LogP contribution in [0.25, 0.3) is 6.08 Å². The number of carbonyl (C=O) groups excluding carboxylic acids is 1. The van der Waals surface area contributed by atoms with Crippen LogP contribution >= 0.6 is 69.2 Å². The van der Waals surface area contributed by atoms with E-state index >= 15 is 0 Å². The van der Waals surface area contributed by atoms with Gasteiger partial charge in [-0.1, -0.05) is 29.9 Å². The Kier molecular flexibility index (Phi) is 7.14. The molecule has 29 heavy (non-hydrogen) atoms. The first-order valence-corrected chi connectivity index (χ1v) is 11.3. The molecule has 0 N–H and O–H groups in total. The first-order chi connectivity index (χ1) is 13.8. The molecule has 0 aliphatic carbocycles. The molecule has 0 unspecified atom stereocenters. The highest BCUT2D eigenvalue weighted by atomic mass is 127. The maximum atomic E-state index is 12.9. The zero-order valence-electron chi connectivity index (χ0n) is 14.4. The number of hydrogen-bond donors (Lipinski definition) is 0. The number of ether oxygens (including phenoxy) is 1. The Hall–Kier alpha value is -1.69. The average molecular weight is 648 g/mol. The third-order valence-corrected chi connectivity index (χ3v) is 6.64. The van der Waals surface area contributed by atoms with E-state index < -0.39 is 4.92 Å². The van der Waals surface area contributed by atoms with Crippen molar-refractivity contribution >= 4 is 96.8 Å². The second kappa shape index (κ2) is 9.41. The van der Waals surface area contributed by atoms with Crippen molar-refractivity contribution < 1.29 is 14.5 Å². The molecule has 2 aromatic rings. The van der Waals surface area contributed by atoms with Gasteiger partial charge >= 0.3 is 0 Å². The van der Waals surface area contributed by atoms with Crippen LogP contribution in [-0.2, 0) is 4.79 Å². The third-order valence-electron chi connectivity index (χ3n) is 3.73. The Morgan fingerprint density at radius 1 is 1.28 bits per heavy atom. The van der Waals surface area contributed by atoms with E-state index in [1.807, 2.05) is 12.1 Å². The number of benzene rings is 2. The first kappa shape index (κ1) is 22.0. The Morgan fingerprint density at radius 3 is 2.45 bits per heavy atom. The zero-order chi connectivity index (χ0) is 21.1. The molecule has 1 aliphatic rings. The molecule has 3 rings (SSSR count). The van der Waals surface area contributed by atoms with Gasteiger partial charge in [-0.2, -0.15) is 0 Å². The largest absolute Gasteiger partial charge is 0.479 e. The quantitative estimate of drug-likeness (QED) is 0.111.